The maximum Gasteiger partial charge on any atom is 0.346 e. The molecule has 0 aromatic heterocycles. The van der Waals surface area contributed by atoms with Crippen LogP contribution in [0.25, 0.3) is 0 Å². The van der Waals surface area contributed by atoms with Gasteiger partial charge in [0.2, 0.25) is 0 Å². The lowest BCUT2D eigenvalue weighted by Crippen LogP contribution is -2.44. The van der Waals surface area contributed by atoms with E-state index in [1.807, 2.05) is 30.3 Å². The van der Waals surface area contributed by atoms with Gasteiger partial charge >= 0.3 is 6.03 Å². The van der Waals surface area contributed by atoms with Gasteiger partial charge in [-0.05, 0) is 37.5 Å². The highest BCUT2D eigenvalue weighted by Gasteiger charge is 2.47. The third-order valence-electron chi connectivity index (χ3n) is 4.30. The van der Waals surface area contributed by atoms with Crippen molar-refractivity contribution in [3.05, 3.63) is 71.3 Å². The Kier molecular flexibility index (Phi) is 4.79. The molecule has 1 atom stereocenters. The number of nitrogens with zero attached hydrogens (tertiary/aromatic N) is 2. The molecule has 3 amide bonds. The molecule has 134 valence electrons. The maximum absolute atomic E-state index is 13.6. The summed E-state index contributed by atoms with van der Waals surface area (Å²) in [5.74, 6) is -2.22. The minimum Gasteiger partial charge on any atom is -0.322 e. The van der Waals surface area contributed by atoms with Crippen LogP contribution in [0.1, 0.15) is 24.5 Å². The predicted octanol–water partition coefficient (Wildman–Crippen LogP) is 3.24. The largest absolute Gasteiger partial charge is 0.346 e. The summed E-state index contributed by atoms with van der Waals surface area (Å²) in [6.45, 7) is 1.61. The zero-order valence-corrected chi connectivity index (χ0v) is 14.1. The number of amides is 3. The van der Waals surface area contributed by atoms with Crippen LogP contribution >= 0.6 is 0 Å². The Balaban J connectivity index is 1.75. The molecule has 3 rings (SSSR count). The van der Waals surface area contributed by atoms with Gasteiger partial charge in [-0.1, -0.05) is 36.4 Å². The molecule has 2 aromatic carbocycles. The number of hydrazone groups is 1. The first-order chi connectivity index (χ1) is 12.4. The van der Waals surface area contributed by atoms with E-state index in [0.29, 0.717) is 17.9 Å². The molecule has 1 heterocycles. The van der Waals surface area contributed by atoms with Crippen LogP contribution < -0.4 is 5.32 Å². The first-order valence-electron chi connectivity index (χ1n) is 8.09. The molecule has 0 unspecified atom stereocenters. The summed E-state index contributed by atoms with van der Waals surface area (Å²) in [7, 11) is 0. The number of benzene rings is 2. The number of carbonyl (C=O) groups excluding carboxylic acids is 2. The van der Waals surface area contributed by atoms with Gasteiger partial charge in [-0.2, -0.15) is 5.10 Å². The van der Waals surface area contributed by atoms with Crippen molar-refractivity contribution in [1.29, 1.82) is 0 Å². The molecule has 0 bridgehead atoms. The number of aryl methyl sites for hydroxylation is 1. The number of hydrogen-bond donors (Lipinski definition) is 1. The number of nitrogens with one attached hydrogen (secondary N) is 1. The number of rotatable bonds is 5. The third-order valence-corrected chi connectivity index (χ3v) is 4.30. The summed E-state index contributed by atoms with van der Waals surface area (Å²) in [5.41, 5.74) is -0.505. The topological polar surface area (TPSA) is 61.8 Å². The van der Waals surface area contributed by atoms with Gasteiger partial charge in [0, 0.05) is 0 Å². The molecule has 0 spiro atoms. The Morgan fingerprint density at radius 3 is 2.38 bits per heavy atom. The third kappa shape index (κ3) is 3.46. The van der Waals surface area contributed by atoms with Gasteiger partial charge in [-0.3, -0.25) is 4.79 Å². The van der Waals surface area contributed by atoms with E-state index in [1.165, 1.54) is 6.07 Å². The standard InChI is InChI=1S/C19H17F2N3O2/c1-19(11-10-13-6-3-2-4-7-13)17(25)24(18(26)23-19)22-12-14-15(20)8-5-9-16(14)21/h2-9,12H,10-11H2,1H3,(H,23,26)/b22-12-/t19-/m0/s1. The monoisotopic (exact) mass is 357 g/mol. The first kappa shape index (κ1) is 17.7. The molecule has 7 heteroatoms. The number of carbonyl (C=O) groups is 2. The van der Waals surface area contributed by atoms with Crippen LogP contribution in [0.4, 0.5) is 13.6 Å². The van der Waals surface area contributed by atoms with Crippen molar-refractivity contribution in [3.8, 4) is 0 Å². The molecule has 1 saturated heterocycles. The van der Waals surface area contributed by atoms with E-state index in [-0.39, 0.29) is 0 Å². The highest BCUT2D eigenvalue weighted by molar-refractivity contribution is 6.07. The predicted molar refractivity (Wildman–Crippen MR) is 92.5 cm³/mol. The van der Waals surface area contributed by atoms with Gasteiger partial charge < -0.3 is 5.32 Å². The van der Waals surface area contributed by atoms with Gasteiger partial charge in [0.25, 0.3) is 5.91 Å². The summed E-state index contributed by atoms with van der Waals surface area (Å²) in [4.78, 5) is 24.7. The number of halogens is 2. The smallest absolute Gasteiger partial charge is 0.322 e. The van der Waals surface area contributed by atoms with Crippen LogP contribution in [-0.4, -0.2) is 28.7 Å². The highest BCUT2D eigenvalue weighted by Crippen LogP contribution is 2.23. The summed E-state index contributed by atoms with van der Waals surface area (Å²) in [6.07, 6.45) is 1.80. The van der Waals surface area contributed by atoms with Crippen LogP contribution in [0.3, 0.4) is 0 Å². The van der Waals surface area contributed by atoms with E-state index >= 15 is 0 Å². The molecule has 26 heavy (non-hydrogen) atoms. The van der Waals surface area contributed by atoms with Crippen LogP contribution in [0.5, 0.6) is 0 Å². The lowest BCUT2D eigenvalue weighted by atomic mass is 9.93. The molecule has 1 N–H and O–H groups in total. The van der Waals surface area contributed by atoms with Gasteiger partial charge in [-0.25, -0.2) is 13.6 Å². The van der Waals surface area contributed by atoms with Crippen LogP contribution in [0.15, 0.2) is 53.6 Å². The van der Waals surface area contributed by atoms with Crippen LogP contribution in [0.2, 0.25) is 0 Å². The highest BCUT2D eigenvalue weighted by atomic mass is 19.1. The molecular formula is C19H17F2N3O2. The normalized spacial score (nSPS) is 20.0. The van der Waals surface area contributed by atoms with Gasteiger partial charge in [0.05, 0.1) is 11.8 Å². The minimum atomic E-state index is -1.13. The van der Waals surface area contributed by atoms with Crippen molar-refractivity contribution >= 4 is 18.2 Å². The number of urea groups is 1. The van der Waals surface area contributed by atoms with E-state index in [9.17, 15) is 18.4 Å². The Morgan fingerprint density at radius 1 is 1.08 bits per heavy atom. The van der Waals surface area contributed by atoms with Crippen molar-refractivity contribution in [3.63, 3.8) is 0 Å². The molecular weight excluding hydrogens is 340 g/mol. The molecule has 2 aromatic rings. The van der Waals surface area contributed by atoms with Gasteiger partial charge in [-0.15, -0.1) is 5.01 Å². The van der Waals surface area contributed by atoms with E-state index in [0.717, 1.165) is 23.9 Å². The Morgan fingerprint density at radius 2 is 1.73 bits per heavy atom. The summed E-state index contributed by atoms with van der Waals surface area (Å²) in [6, 6.07) is 12.2. The van der Waals surface area contributed by atoms with Crippen molar-refractivity contribution in [2.24, 2.45) is 5.10 Å². The van der Waals surface area contributed by atoms with Crippen molar-refractivity contribution < 1.29 is 18.4 Å². The SMILES string of the molecule is C[C@@]1(CCc2ccccc2)NC(=O)N(/N=C\c2c(F)cccc2F)C1=O. The number of imide groups is 1. The zero-order valence-electron chi connectivity index (χ0n) is 14.1. The lowest BCUT2D eigenvalue weighted by molar-refractivity contribution is -0.130. The maximum atomic E-state index is 13.6. The molecule has 1 aliphatic rings. The summed E-state index contributed by atoms with van der Waals surface area (Å²) in [5, 5.41) is 6.90. The van der Waals surface area contributed by atoms with E-state index in [2.05, 4.69) is 10.4 Å². The fourth-order valence-electron chi connectivity index (χ4n) is 2.73. The molecule has 0 radical (unpaired) electrons. The second kappa shape index (κ2) is 7.03. The van der Waals surface area contributed by atoms with Crippen LogP contribution in [-0.2, 0) is 11.2 Å². The number of hydrogen-bond acceptors (Lipinski definition) is 3. The van der Waals surface area contributed by atoms with E-state index in [1.54, 1.807) is 6.92 Å². The van der Waals surface area contributed by atoms with Crippen molar-refractivity contribution in [1.82, 2.24) is 10.3 Å². The second-order valence-corrected chi connectivity index (χ2v) is 6.24. The lowest BCUT2D eigenvalue weighted by Gasteiger charge is -2.20. The van der Waals surface area contributed by atoms with E-state index < -0.39 is 34.7 Å². The summed E-state index contributed by atoms with van der Waals surface area (Å²) < 4.78 is 27.3. The van der Waals surface area contributed by atoms with Gasteiger partial charge in [0.15, 0.2) is 0 Å². The quantitative estimate of drug-likeness (QED) is 0.660. The van der Waals surface area contributed by atoms with E-state index in [4.69, 9.17) is 0 Å². The average molecular weight is 357 g/mol. The Bertz CT molecular complexity index is 850. The summed E-state index contributed by atoms with van der Waals surface area (Å²) >= 11 is 0. The molecule has 0 aliphatic carbocycles. The molecule has 1 fully saturated rings. The van der Waals surface area contributed by atoms with Crippen molar-refractivity contribution in [2.75, 3.05) is 0 Å². The minimum absolute atomic E-state index is 0.377. The van der Waals surface area contributed by atoms with Crippen LogP contribution in [0, 0.1) is 11.6 Å². The second-order valence-electron chi connectivity index (χ2n) is 6.24. The Hall–Kier alpha value is -3.09. The molecule has 0 saturated carbocycles. The fraction of sp³-hybridized carbons (Fsp3) is 0.211. The Labute approximate surface area is 149 Å². The fourth-order valence-corrected chi connectivity index (χ4v) is 2.73. The average Bonchev–Trinajstić information content (AvgIpc) is 2.84. The first-order valence-corrected chi connectivity index (χ1v) is 8.09. The van der Waals surface area contributed by atoms with Crippen molar-refractivity contribution in [2.45, 2.75) is 25.3 Å². The molecule has 5 nitrogen and oxygen atoms in total. The molecule has 1 aliphatic heterocycles. The van der Waals surface area contributed by atoms with Gasteiger partial charge in [0.1, 0.15) is 17.2 Å². The zero-order chi connectivity index (χ0) is 18.7.